The number of aldehydes is 1. The second kappa shape index (κ2) is 4.50. The maximum absolute atomic E-state index is 9.41. The van der Waals surface area contributed by atoms with Crippen molar-refractivity contribution in [2.75, 3.05) is 0 Å². The molecular formula is C4H4OS. The highest BCUT2D eigenvalue weighted by Crippen LogP contribution is 1.57. The maximum Gasteiger partial charge on any atom is 0.142 e. The van der Waals surface area contributed by atoms with Gasteiger partial charge in [-0.2, -0.15) is 0 Å². The Kier molecular flexibility index (Phi) is 4.12. The van der Waals surface area contributed by atoms with Crippen LogP contribution in [0.4, 0.5) is 0 Å². The summed E-state index contributed by atoms with van der Waals surface area (Å²) in [7, 11) is 0. The Morgan fingerprint density at radius 1 is 1.33 bits per heavy atom. The van der Waals surface area contributed by atoms with Gasteiger partial charge in [-0.3, -0.25) is 4.79 Å². The van der Waals surface area contributed by atoms with Crippen LogP contribution >= 0.6 is 12.2 Å². The van der Waals surface area contributed by atoms with Gasteiger partial charge in [0.05, 0.1) is 0 Å². The molecule has 0 aromatic rings. The van der Waals surface area contributed by atoms with Crippen molar-refractivity contribution in [2.45, 2.75) is 0 Å². The maximum atomic E-state index is 9.41. The Morgan fingerprint density at radius 2 is 2.00 bits per heavy atom. The molecule has 0 bridgehead atoms. The molecule has 0 saturated carbocycles. The van der Waals surface area contributed by atoms with Gasteiger partial charge in [0.15, 0.2) is 0 Å². The van der Waals surface area contributed by atoms with Crippen LogP contribution < -0.4 is 0 Å². The van der Waals surface area contributed by atoms with Crippen LogP contribution in [0.1, 0.15) is 0 Å². The summed E-state index contributed by atoms with van der Waals surface area (Å²) >= 11 is 4.35. The summed E-state index contributed by atoms with van der Waals surface area (Å²) in [6, 6.07) is 0. The van der Waals surface area contributed by atoms with E-state index in [0.717, 1.165) is 0 Å². The molecule has 2 heteroatoms. The van der Waals surface area contributed by atoms with Crippen LogP contribution in [0.2, 0.25) is 0 Å². The topological polar surface area (TPSA) is 17.1 Å². The number of hydrogen-bond acceptors (Lipinski definition) is 2. The molecule has 0 saturated heterocycles. The van der Waals surface area contributed by atoms with E-state index in [1.54, 1.807) is 0 Å². The molecule has 0 aliphatic carbocycles. The number of rotatable bonds is 2. The second-order valence-corrected chi connectivity index (χ2v) is 0.929. The summed E-state index contributed by atoms with van der Waals surface area (Å²) in [6.45, 7) is 0. The molecular weight excluding hydrogens is 96.1 g/mol. The minimum atomic E-state index is 0.683. The number of hydrogen-bond donors (Lipinski definition) is 0. The lowest BCUT2D eigenvalue weighted by molar-refractivity contribution is -0.104. The molecule has 0 amide bonds. The van der Waals surface area contributed by atoms with Crippen LogP contribution in [0, 0.1) is 0 Å². The molecule has 32 valence electrons. The SMILES string of the molecule is O=C/C=C\C=S. The van der Waals surface area contributed by atoms with Gasteiger partial charge in [-0.15, -0.1) is 0 Å². The molecule has 0 aliphatic rings. The smallest absolute Gasteiger partial charge is 0.142 e. The standard InChI is InChI=1S/C4H4OS/c5-3-1-2-4-6/h1-4H/b2-1-. The number of carbonyl (C=O) groups is 1. The summed E-state index contributed by atoms with van der Waals surface area (Å²) in [6.07, 6.45) is 3.53. The highest BCUT2D eigenvalue weighted by Gasteiger charge is 1.53. The molecule has 0 aromatic heterocycles. The largest absolute Gasteiger partial charge is 0.299 e. The van der Waals surface area contributed by atoms with Gasteiger partial charge in [-0.1, -0.05) is 12.2 Å². The van der Waals surface area contributed by atoms with E-state index in [-0.39, 0.29) is 0 Å². The van der Waals surface area contributed by atoms with Crippen LogP contribution in [0.25, 0.3) is 0 Å². The predicted molar refractivity (Wildman–Crippen MR) is 28.9 cm³/mol. The third kappa shape index (κ3) is 3.50. The number of thiocarbonyl (C=S) groups is 1. The minimum absolute atomic E-state index is 0.683. The van der Waals surface area contributed by atoms with Crippen LogP contribution in [0.3, 0.4) is 0 Å². The van der Waals surface area contributed by atoms with Crippen molar-refractivity contribution in [3.05, 3.63) is 12.2 Å². The first-order valence-corrected chi connectivity index (χ1v) is 1.94. The molecule has 0 spiro atoms. The summed E-state index contributed by atoms with van der Waals surface area (Å²) in [4.78, 5) is 9.41. The first-order chi connectivity index (χ1) is 2.91. The zero-order valence-corrected chi connectivity index (χ0v) is 3.94. The molecule has 0 atom stereocenters. The Bertz CT molecular complexity index is 65.6. The molecule has 6 heavy (non-hydrogen) atoms. The van der Waals surface area contributed by atoms with Crippen molar-refractivity contribution in [2.24, 2.45) is 0 Å². The highest BCUT2D eigenvalue weighted by molar-refractivity contribution is 7.79. The van der Waals surface area contributed by atoms with E-state index < -0.39 is 0 Å². The lowest BCUT2D eigenvalue weighted by Crippen LogP contribution is -1.56. The van der Waals surface area contributed by atoms with Gasteiger partial charge in [0.1, 0.15) is 6.29 Å². The minimum Gasteiger partial charge on any atom is -0.299 e. The van der Waals surface area contributed by atoms with Gasteiger partial charge >= 0.3 is 0 Å². The summed E-state index contributed by atoms with van der Waals surface area (Å²) in [5.74, 6) is 0. The summed E-state index contributed by atoms with van der Waals surface area (Å²) in [5.41, 5.74) is 0. The van der Waals surface area contributed by atoms with E-state index >= 15 is 0 Å². The summed E-state index contributed by atoms with van der Waals surface area (Å²) in [5, 5.41) is 1.38. The van der Waals surface area contributed by atoms with Crippen molar-refractivity contribution in [3.8, 4) is 0 Å². The second-order valence-electron chi connectivity index (χ2n) is 0.657. The van der Waals surface area contributed by atoms with Crippen LogP contribution in [0.15, 0.2) is 12.2 Å². The van der Waals surface area contributed by atoms with Crippen molar-refractivity contribution >= 4 is 23.9 Å². The average molecular weight is 100 g/mol. The predicted octanol–water partition coefficient (Wildman–Crippen LogP) is 0.741. The van der Waals surface area contributed by atoms with Crippen LogP contribution in [-0.2, 0) is 4.79 Å². The van der Waals surface area contributed by atoms with Crippen LogP contribution in [-0.4, -0.2) is 11.7 Å². The monoisotopic (exact) mass is 100.0 g/mol. The molecule has 0 fully saturated rings. The van der Waals surface area contributed by atoms with Gasteiger partial charge in [0.25, 0.3) is 0 Å². The summed E-state index contributed by atoms with van der Waals surface area (Å²) < 4.78 is 0. The normalized spacial score (nSPS) is 8.67. The fourth-order valence-corrected chi connectivity index (χ4v) is 0.181. The third-order valence-corrected chi connectivity index (χ3v) is 0.425. The van der Waals surface area contributed by atoms with E-state index in [0.29, 0.717) is 6.29 Å². The lowest BCUT2D eigenvalue weighted by atomic mass is 10.6. The molecule has 0 rings (SSSR count). The van der Waals surface area contributed by atoms with Crippen molar-refractivity contribution < 1.29 is 4.79 Å². The fraction of sp³-hybridized carbons (Fsp3) is 0. The molecule has 0 aliphatic heterocycles. The lowest BCUT2D eigenvalue weighted by Gasteiger charge is -1.55. The van der Waals surface area contributed by atoms with Crippen molar-refractivity contribution in [3.63, 3.8) is 0 Å². The van der Waals surface area contributed by atoms with Gasteiger partial charge in [-0.25, -0.2) is 0 Å². The van der Waals surface area contributed by atoms with E-state index in [4.69, 9.17) is 0 Å². The first kappa shape index (κ1) is 5.50. The van der Waals surface area contributed by atoms with E-state index in [9.17, 15) is 4.79 Å². The van der Waals surface area contributed by atoms with Gasteiger partial charge in [0.2, 0.25) is 0 Å². The van der Waals surface area contributed by atoms with Crippen molar-refractivity contribution in [1.29, 1.82) is 0 Å². The Morgan fingerprint density at radius 3 is 2.17 bits per heavy atom. The Labute approximate surface area is 41.7 Å². The number of carbonyl (C=O) groups excluding carboxylic acids is 1. The highest BCUT2D eigenvalue weighted by atomic mass is 32.1. The van der Waals surface area contributed by atoms with E-state index in [2.05, 4.69) is 12.2 Å². The Balaban J connectivity index is 3.17. The van der Waals surface area contributed by atoms with Gasteiger partial charge < -0.3 is 0 Å². The third-order valence-electron chi connectivity index (χ3n) is 0.268. The molecule has 0 N–H and O–H groups in total. The van der Waals surface area contributed by atoms with Gasteiger partial charge in [0, 0.05) is 5.37 Å². The number of allylic oxidation sites excluding steroid dienone is 2. The van der Waals surface area contributed by atoms with E-state index in [1.807, 2.05) is 0 Å². The zero-order chi connectivity index (χ0) is 4.83. The zero-order valence-electron chi connectivity index (χ0n) is 3.13. The van der Waals surface area contributed by atoms with Crippen molar-refractivity contribution in [1.82, 2.24) is 0 Å². The quantitative estimate of drug-likeness (QED) is 0.289. The molecule has 0 heterocycles. The molecule has 0 radical (unpaired) electrons. The molecule has 0 aromatic carbocycles. The first-order valence-electron chi connectivity index (χ1n) is 1.47. The average Bonchev–Trinajstić information content (AvgIpc) is 1.61. The molecule has 0 unspecified atom stereocenters. The van der Waals surface area contributed by atoms with Crippen LogP contribution in [0.5, 0.6) is 0 Å². The van der Waals surface area contributed by atoms with Gasteiger partial charge in [-0.05, 0) is 12.2 Å². The molecule has 1 nitrogen and oxygen atoms in total. The Hall–Kier alpha value is -0.500. The van der Waals surface area contributed by atoms with E-state index in [1.165, 1.54) is 17.5 Å². The fourth-order valence-electron chi connectivity index (χ4n) is 0.0907.